The highest BCUT2D eigenvalue weighted by molar-refractivity contribution is 5.87. The number of aromatic nitrogens is 1. The number of carbonyl (C=O) groups excluding carboxylic acids is 1. The first-order valence-electron chi connectivity index (χ1n) is 5.22. The lowest BCUT2D eigenvalue weighted by Gasteiger charge is -2.08. The fourth-order valence-corrected chi connectivity index (χ4v) is 1.51. The Bertz CT molecular complexity index is 359. The van der Waals surface area contributed by atoms with E-state index in [-0.39, 0.29) is 5.91 Å². The first kappa shape index (κ1) is 11.7. The van der Waals surface area contributed by atoms with Gasteiger partial charge in [-0.1, -0.05) is 13.8 Å². The number of anilines is 1. The van der Waals surface area contributed by atoms with Gasteiger partial charge in [-0.15, -0.1) is 0 Å². The molecular weight excluding hydrogens is 188 g/mol. The molecule has 1 rings (SSSR count). The highest BCUT2D eigenvalue weighted by atomic mass is 16.1. The Kier molecular flexibility index (Phi) is 3.83. The zero-order valence-electron chi connectivity index (χ0n) is 9.79. The molecule has 0 atom stereocenters. The van der Waals surface area contributed by atoms with Crippen molar-refractivity contribution in [3.63, 3.8) is 0 Å². The molecule has 1 N–H and O–H groups in total. The summed E-state index contributed by atoms with van der Waals surface area (Å²) in [6.07, 6.45) is 0.939. The second-order valence-corrected chi connectivity index (χ2v) is 4.30. The van der Waals surface area contributed by atoms with Gasteiger partial charge in [0.2, 0.25) is 5.91 Å². The molecule has 0 aromatic carbocycles. The Balaban J connectivity index is 2.89. The standard InChI is InChI=1S/C12H18N2O/c1-8(2)5-11-6-9(3)7-12(14-11)13-10(4)15/h6-8H,5H2,1-4H3,(H,13,14,15). The van der Waals surface area contributed by atoms with Crippen LogP contribution in [0.3, 0.4) is 0 Å². The summed E-state index contributed by atoms with van der Waals surface area (Å²) in [6.45, 7) is 7.81. The second-order valence-electron chi connectivity index (χ2n) is 4.30. The normalized spacial score (nSPS) is 10.5. The van der Waals surface area contributed by atoms with Gasteiger partial charge in [0.25, 0.3) is 0 Å². The van der Waals surface area contributed by atoms with Crippen LogP contribution in [0.4, 0.5) is 5.82 Å². The molecule has 0 bridgehead atoms. The van der Waals surface area contributed by atoms with Crippen molar-refractivity contribution in [1.29, 1.82) is 0 Å². The zero-order valence-corrected chi connectivity index (χ0v) is 9.79. The summed E-state index contributed by atoms with van der Waals surface area (Å²) >= 11 is 0. The molecule has 1 amide bonds. The van der Waals surface area contributed by atoms with Crippen molar-refractivity contribution >= 4 is 11.7 Å². The first-order valence-corrected chi connectivity index (χ1v) is 5.22. The number of amides is 1. The van der Waals surface area contributed by atoms with Gasteiger partial charge < -0.3 is 5.32 Å². The van der Waals surface area contributed by atoms with E-state index in [1.165, 1.54) is 6.92 Å². The molecule has 1 heterocycles. The van der Waals surface area contributed by atoms with Crippen LogP contribution in [0.5, 0.6) is 0 Å². The molecule has 1 aromatic rings. The van der Waals surface area contributed by atoms with Crippen molar-refractivity contribution in [1.82, 2.24) is 4.98 Å². The molecule has 0 saturated heterocycles. The van der Waals surface area contributed by atoms with Crippen LogP contribution in [-0.4, -0.2) is 10.9 Å². The summed E-state index contributed by atoms with van der Waals surface area (Å²) in [4.78, 5) is 15.3. The van der Waals surface area contributed by atoms with Gasteiger partial charge in [0.15, 0.2) is 0 Å². The maximum Gasteiger partial charge on any atom is 0.222 e. The zero-order chi connectivity index (χ0) is 11.4. The highest BCUT2D eigenvalue weighted by Gasteiger charge is 2.03. The molecule has 0 aliphatic carbocycles. The lowest BCUT2D eigenvalue weighted by Crippen LogP contribution is -2.09. The van der Waals surface area contributed by atoms with Crippen molar-refractivity contribution in [3.05, 3.63) is 23.4 Å². The van der Waals surface area contributed by atoms with E-state index in [4.69, 9.17) is 0 Å². The van der Waals surface area contributed by atoms with Gasteiger partial charge >= 0.3 is 0 Å². The van der Waals surface area contributed by atoms with Crippen molar-refractivity contribution in [2.75, 3.05) is 5.32 Å². The Morgan fingerprint density at radius 3 is 2.67 bits per heavy atom. The number of pyridine rings is 1. The van der Waals surface area contributed by atoms with E-state index in [0.29, 0.717) is 11.7 Å². The summed E-state index contributed by atoms with van der Waals surface area (Å²) in [5, 5.41) is 2.71. The highest BCUT2D eigenvalue weighted by Crippen LogP contribution is 2.12. The summed E-state index contributed by atoms with van der Waals surface area (Å²) in [5.74, 6) is 1.14. The lowest BCUT2D eigenvalue weighted by molar-refractivity contribution is -0.114. The SMILES string of the molecule is CC(=O)Nc1cc(C)cc(CC(C)C)n1. The molecule has 82 valence electrons. The number of carbonyl (C=O) groups is 1. The predicted molar refractivity (Wildman–Crippen MR) is 61.8 cm³/mol. The molecular formula is C12H18N2O. The summed E-state index contributed by atoms with van der Waals surface area (Å²) < 4.78 is 0. The summed E-state index contributed by atoms with van der Waals surface area (Å²) in [7, 11) is 0. The molecule has 0 spiro atoms. The fourth-order valence-electron chi connectivity index (χ4n) is 1.51. The number of rotatable bonds is 3. The number of hydrogen-bond donors (Lipinski definition) is 1. The molecule has 0 fully saturated rings. The van der Waals surface area contributed by atoms with Gasteiger partial charge in [0.1, 0.15) is 5.82 Å². The topological polar surface area (TPSA) is 42.0 Å². The third-order valence-electron chi connectivity index (χ3n) is 1.94. The maximum absolute atomic E-state index is 10.9. The van der Waals surface area contributed by atoms with E-state index in [1.54, 1.807) is 0 Å². The minimum Gasteiger partial charge on any atom is -0.311 e. The maximum atomic E-state index is 10.9. The molecule has 0 unspecified atom stereocenters. The number of nitrogens with zero attached hydrogens (tertiary/aromatic N) is 1. The Morgan fingerprint density at radius 1 is 1.47 bits per heavy atom. The third kappa shape index (κ3) is 4.11. The first-order chi connectivity index (χ1) is 6.97. The molecule has 15 heavy (non-hydrogen) atoms. The van der Waals surface area contributed by atoms with E-state index in [1.807, 2.05) is 13.0 Å². The average Bonchev–Trinajstić information content (AvgIpc) is 1.98. The average molecular weight is 206 g/mol. The Hall–Kier alpha value is -1.38. The van der Waals surface area contributed by atoms with Crippen LogP contribution in [-0.2, 0) is 11.2 Å². The van der Waals surface area contributed by atoms with E-state index < -0.39 is 0 Å². The van der Waals surface area contributed by atoms with Gasteiger partial charge in [0, 0.05) is 12.6 Å². The molecule has 0 radical (unpaired) electrons. The van der Waals surface area contributed by atoms with Crippen molar-refractivity contribution in [3.8, 4) is 0 Å². The number of hydrogen-bond acceptors (Lipinski definition) is 2. The minimum atomic E-state index is -0.0800. The molecule has 0 aliphatic heterocycles. The largest absolute Gasteiger partial charge is 0.311 e. The van der Waals surface area contributed by atoms with E-state index in [9.17, 15) is 4.79 Å². The van der Waals surface area contributed by atoms with Crippen LogP contribution < -0.4 is 5.32 Å². The molecule has 3 heteroatoms. The van der Waals surface area contributed by atoms with Crippen molar-refractivity contribution in [2.24, 2.45) is 5.92 Å². The predicted octanol–water partition coefficient (Wildman–Crippen LogP) is 2.55. The fraction of sp³-hybridized carbons (Fsp3) is 0.500. The summed E-state index contributed by atoms with van der Waals surface area (Å²) in [6, 6.07) is 3.94. The van der Waals surface area contributed by atoms with Gasteiger partial charge in [-0.25, -0.2) is 4.98 Å². The van der Waals surface area contributed by atoms with Gasteiger partial charge in [-0.2, -0.15) is 0 Å². The summed E-state index contributed by atoms with van der Waals surface area (Å²) in [5.41, 5.74) is 2.16. The molecule has 1 aromatic heterocycles. The lowest BCUT2D eigenvalue weighted by atomic mass is 10.1. The van der Waals surface area contributed by atoms with Crippen LogP contribution in [0.1, 0.15) is 32.0 Å². The minimum absolute atomic E-state index is 0.0800. The quantitative estimate of drug-likeness (QED) is 0.825. The number of nitrogens with one attached hydrogen (secondary N) is 1. The molecule has 3 nitrogen and oxygen atoms in total. The van der Waals surface area contributed by atoms with Gasteiger partial charge in [0.05, 0.1) is 0 Å². The van der Waals surface area contributed by atoms with E-state index >= 15 is 0 Å². The Morgan fingerprint density at radius 2 is 2.13 bits per heavy atom. The van der Waals surface area contributed by atoms with Gasteiger partial charge in [-0.3, -0.25) is 4.79 Å². The molecule has 0 saturated carbocycles. The van der Waals surface area contributed by atoms with Crippen LogP contribution in [0, 0.1) is 12.8 Å². The van der Waals surface area contributed by atoms with Crippen molar-refractivity contribution in [2.45, 2.75) is 34.1 Å². The van der Waals surface area contributed by atoms with Crippen LogP contribution >= 0.6 is 0 Å². The monoisotopic (exact) mass is 206 g/mol. The second kappa shape index (κ2) is 4.91. The number of aryl methyl sites for hydroxylation is 1. The van der Waals surface area contributed by atoms with Crippen LogP contribution in [0.15, 0.2) is 12.1 Å². The van der Waals surface area contributed by atoms with Crippen LogP contribution in [0.25, 0.3) is 0 Å². The van der Waals surface area contributed by atoms with Crippen LogP contribution in [0.2, 0.25) is 0 Å². The Labute approximate surface area is 90.9 Å². The van der Waals surface area contributed by atoms with E-state index in [2.05, 4.69) is 30.2 Å². The van der Waals surface area contributed by atoms with Crippen molar-refractivity contribution < 1.29 is 4.79 Å². The molecule has 0 aliphatic rings. The smallest absolute Gasteiger partial charge is 0.222 e. The van der Waals surface area contributed by atoms with E-state index in [0.717, 1.165) is 17.7 Å². The third-order valence-corrected chi connectivity index (χ3v) is 1.94. The van der Waals surface area contributed by atoms with Gasteiger partial charge in [-0.05, 0) is 37.0 Å².